The second-order valence-corrected chi connectivity index (χ2v) is 9.35. The van der Waals surface area contributed by atoms with Crippen molar-refractivity contribution in [1.29, 1.82) is 0 Å². The fraction of sp³-hybridized carbons (Fsp3) is 0.156. The van der Waals surface area contributed by atoms with Crippen molar-refractivity contribution >= 4 is 17.2 Å². The standard InChI is InChI=1S/C32H27NO2/c1-35-27-16-10-15-25(19-27)26-20-29(24-13-6-3-7-14-24)32(21-26)28-17-8-9-18-30(28)33(31(32)34)22-23-11-4-2-5-12-23/h2-20,29H,21-22H2,1H3/t29-,32+/m1/s1. The summed E-state index contributed by atoms with van der Waals surface area (Å²) < 4.78 is 5.50. The van der Waals surface area contributed by atoms with Crippen LogP contribution < -0.4 is 9.64 Å². The molecule has 1 amide bonds. The molecule has 0 fully saturated rings. The van der Waals surface area contributed by atoms with Crippen molar-refractivity contribution in [2.75, 3.05) is 12.0 Å². The summed E-state index contributed by atoms with van der Waals surface area (Å²) in [5.41, 5.74) is 6.03. The number of carbonyl (C=O) groups excluding carboxylic acids is 1. The molecule has 172 valence electrons. The third-order valence-electron chi connectivity index (χ3n) is 7.45. The maximum atomic E-state index is 14.5. The highest BCUT2D eigenvalue weighted by Gasteiger charge is 2.57. The van der Waals surface area contributed by atoms with E-state index >= 15 is 0 Å². The van der Waals surface area contributed by atoms with Crippen LogP contribution in [0.15, 0.2) is 115 Å². The van der Waals surface area contributed by atoms with Gasteiger partial charge in [-0.1, -0.05) is 97.1 Å². The minimum atomic E-state index is -0.675. The largest absolute Gasteiger partial charge is 0.497 e. The lowest BCUT2D eigenvalue weighted by Gasteiger charge is -2.31. The first-order valence-corrected chi connectivity index (χ1v) is 12.1. The van der Waals surface area contributed by atoms with Crippen molar-refractivity contribution in [1.82, 2.24) is 0 Å². The Balaban J connectivity index is 1.51. The fourth-order valence-electron chi connectivity index (χ4n) is 5.82. The number of rotatable bonds is 5. The van der Waals surface area contributed by atoms with Gasteiger partial charge in [0.15, 0.2) is 0 Å². The fourth-order valence-corrected chi connectivity index (χ4v) is 5.82. The molecule has 0 saturated carbocycles. The zero-order valence-corrected chi connectivity index (χ0v) is 19.7. The van der Waals surface area contributed by atoms with Crippen LogP contribution in [0.4, 0.5) is 5.69 Å². The van der Waals surface area contributed by atoms with Gasteiger partial charge in [-0.3, -0.25) is 4.79 Å². The first-order chi connectivity index (χ1) is 17.2. The van der Waals surface area contributed by atoms with Gasteiger partial charge in [0.25, 0.3) is 0 Å². The number of hydrogen-bond acceptors (Lipinski definition) is 2. The lowest BCUT2D eigenvalue weighted by molar-refractivity contribution is -0.123. The second kappa shape index (κ2) is 8.59. The number of carbonyl (C=O) groups is 1. The molecule has 6 rings (SSSR count). The minimum Gasteiger partial charge on any atom is -0.497 e. The van der Waals surface area contributed by atoms with E-state index < -0.39 is 5.41 Å². The monoisotopic (exact) mass is 457 g/mol. The number of nitrogens with zero attached hydrogens (tertiary/aromatic N) is 1. The number of benzene rings is 4. The molecule has 0 N–H and O–H groups in total. The van der Waals surface area contributed by atoms with Crippen LogP contribution >= 0.6 is 0 Å². The molecule has 4 aromatic carbocycles. The van der Waals surface area contributed by atoms with Gasteiger partial charge in [0.1, 0.15) is 5.75 Å². The third-order valence-corrected chi connectivity index (χ3v) is 7.45. The SMILES string of the molecule is COc1cccc(C2=C[C@H](c3ccccc3)[C@@]3(C2)C(=O)N(Cc2ccccc2)c2ccccc23)c1. The highest BCUT2D eigenvalue weighted by molar-refractivity contribution is 6.11. The summed E-state index contributed by atoms with van der Waals surface area (Å²) in [5, 5.41) is 0. The molecule has 1 heterocycles. The molecule has 0 aromatic heterocycles. The molecule has 0 bridgehead atoms. The average Bonchev–Trinajstić information content (AvgIpc) is 3.43. The van der Waals surface area contributed by atoms with Gasteiger partial charge in [-0.25, -0.2) is 0 Å². The molecular weight excluding hydrogens is 430 g/mol. The summed E-state index contributed by atoms with van der Waals surface area (Å²) in [6.07, 6.45) is 2.96. The minimum absolute atomic E-state index is 0.0562. The van der Waals surface area contributed by atoms with Crippen molar-refractivity contribution in [2.45, 2.75) is 24.3 Å². The number of methoxy groups -OCH3 is 1. The lowest BCUT2D eigenvalue weighted by atomic mass is 9.69. The van der Waals surface area contributed by atoms with Gasteiger partial charge < -0.3 is 9.64 Å². The van der Waals surface area contributed by atoms with Crippen LogP contribution in [-0.2, 0) is 16.8 Å². The van der Waals surface area contributed by atoms with Crippen LogP contribution in [-0.4, -0.2) is 13.0 Å². The molecule has 1 aliphatic carbocycles. The molecular formula is C32H27NO2. The normalized spacial score (nSPS) is 20.7. The first-order valence-electron chi connectivity index (χ1n) is 12.1. The lowest BCUT2D eigenvalue weighted by Crippen LogP contribution is -2.42. The Hall–Kier alpha value is -4.11. The van der Waals surface area contributed by atoms with E-state index in [2.05, 4.69) is 72.8 Å². The molecule has 0 unspecified atom stereocenters. The van der Waals surface area contributed by atoms with Crippen LogP contribution in [0.2, 0.25) is 0 Å². The van der Waals surface area contributed by atoms with E-state index in [0.29, 0.717) is 13.0 Å². The van der Waals surface area contributed by atoms with Crippen molar-refractivity contribution in [3.8, 4) is 5.75 Å². The van der Waals surface area contributed by atoms with E-state index in [1.807, 2.05) is 47.4 Å². The van der Waals surface area contributed by atoms with E-state index in [1.54, 1.807) is 7.11 Å². The molecule has 0 radical (unpaired) electrons. The van der Waals surface area contributed by atoms with Crippen molar-refractivity contribution in [3.63, 3.8) is 0 Å². The predicted octanol–water partition coefficient (Wildman–Crippen LogP) is 6.75. The molecule has 1 spiro atoms. The summed E-state index contributed by atoms with van der Waals surface area (Å²) in [6, 6.07) is 37.2. The Morgan fingerprint density at radius 2 is 1.57 bits per heavy atom. The number of para-hydroxylation sites is 1. The molecule has 35 heavy (non-hydrogen) atoms. The van der Waals surface area contributed by atoms with Crippen LogP contribution in [0, 0.1) is 0 Å². The average molecular weight is 458 g/mol. The molecule has 0 saturated heterocycles. The predicted molar refractivity (Wildman–Crippen MR) is 141 cm³/mol. The Morgan fingerprint density at radius 1 is 0.857 bits per heavy atom. The van der Waals surface area contributed by atoms with Gasteiger partial charge in [0.2, 0.25) is 5.91 Å². The van der Waals surface area contributed by atoms with Crippen molar-refractivity contribution in [3.05, 3.63) is 138 Å². The van der Waals surface area contributed by atoms with Crippen LogP contribution in [0.25, 0.3) is 5.57 Å². The van der Waals surface area contributed by atoms with Crippen molar-refractivity contribution < 1.29 is 9.53 Å². The topological polar surface area (TPSA) is 29.5 Å². The van der Waals surface area contributed by atoms with Gasteiger partial charge >= 0.3 is 0 Å². The quantitative estimate of drug-likeness (QED) is 0.332. The summed E-state index contributed by atoms with van der Waals surface area (Å²) in [4.78, 5) is 16.5. The van der Waals surface area contributed by atoms with Gasteiger partial charge in [0.05, 0.1) is 19.1 Å². The van der Waals surface area contributed by atoms with Crippen molar-refractivity contribution in [2.24, 2.45) is 0 Å². The number of hydrogen-bond donors (Lipinski definition) is 0. The number of anilines is 1. The third kappa shape index (κ3) is 3.47. The molecule has 3 nitrogen and oxygen atoms in total. The Bertz CT molecular complexity index is 1410. The first kappa shape index (κ1) is 21.4. The van der Waals surface area contributed by atoms with Crippen LogP contribution in [0.5, 0.6) is 5.75 Å². The second-order valence-electron chi connectivity index (χ2n) is 9.35. The Kier molecular flexibility index (Phi) is 5.26. The zero-order chi connectivity index (χ0) is 23.8. The maximum Gasteiger partial charge on any atom is 0.239 e. The molecule has 2 aliphatic rings. The van der Waals surface area contributed by atoms with E-state index in [-0.39, 0.29) is 11.8 Å². The number of allylic oxidation sites excluding steroid dienone is 2. The van der Waals surface area contributed by atoms with E-state index in [0.717, 1.165) is 33.7 Å². The maximum absolute atomic E-state index is 14.5. The van der Waals surface area contributed by atoms with Crippen LogP contribution in [0.1, 0.15) is 34.6 Å². The molecule has 2 atom stereocenters. The van der Waals surface area contributed by atoms with E-state index in [4.69, 9.17) is 4.74 Å². The van der Waals surface area contributed by atoms with Gasteiger partial charge in [0, 0.05) is 11.6 Å². The smallest absolute Gasteiger partial charge is 0.239 e. The molecule has 1 aliphatic heterocycles. The van der Waals surface area contributed by atoms with E-state index in [9.17, 15) is 4.79 Å². The van der Waals surface area contributed by atoms with Crippen LogP contribution in [0.3, 0.4) is 0 Å². The molecule has 3 heteroatoms. The Labute approximate surface area is 206 Å². The summed E-state index contributed by atoms with van der Waals surface area (Å²) in [6.45, 7) is 0.564. The number of fused-ring (bicyclic) bond motifs is 2. The van der Waals surface area contributed by atoms with E-state index in [1.165, 1.54) is 5.57 Å². The van der Waals surface area contributed by atoms with Gasteiger partial charge in [-0.15, -0.1) is 0 Å². The summed E-state index contributed by atoms with van der Waals surface area (Å²) in [5.74, 6) is 0.939. The zero-order valence-electron chi connectivity index (χ0n) is 19.7. The highest BCUT2D eigenvalue weighted by atomic mass is 16.5. The number of amides is 1. The van der Waals surface area contributed by atoms with Gasteiger partial charge in [-0.2, -0.15) is 0 Å². The Morgan fingerprint density at radius 3 is 2.34 bits per heavy atom. The molecule has 4 aromatic rings. The number of ether oxygens (including phenoxy) is 1. The van der Waals surface area contributed by atoms with Gasteiger partial charge in [-0.05, 0) is 52.4 Å². The highest BCUT2D eigenvalue weighted by Crippen LogP contribution is 2.59. The summed E-state index contributed by atoms with van der Waals surface area (Å²) in [7, 11) is 1.69. The summed E-state index contributed by atoms with van der Waals surface area (Å²) >= 11 is 0.